The highest BCUT2D eigenvalue weighted by molar-refractivity contribution is 5.74. The van der Waals surface area contributed by atoms with Gasteiger partial charge in [-0.1, -0.05) is 35.9 Å². The van der Waals surface area contributed by atoms with Crippen molar-refractivity contribution >= 4 is 17.2 Å². The van der Waals surface area contributed by atoms with Gasteiger partial charge in [0.2, 0.25) is 0 Å². The first-order valence-electron chi connectivity index (χ1n) is 9.96. The molecule has 0 amide bonds. The molecular weight excluding hydrogens is 360 g/mol. The van der Waals surface area contributed by atoms with Gasteiger partial charge in [-0.2, -0.15) is 0 Å². The Morgan fingerprint density at radius 2 is 1.79 bits per heavy atom. The van der Waals surface area contributed by atoms with Crippen molar-refractivity contribution in [2.75, 3.05) is 36.8 Å². The van der Waals surface area contributed by atoms with E-state index < -0.39 is 0 Å². The number of nitrogens with zero attached hydrogens (tertiary/aromatic N) is 4. The highest BCUT2D eigenvalue weighted by Crippen LogP contribution is 2.28. The molecule has 1 fully saturated rings. The first kappa shape index (κ1) is 17.7. The second kappa shape index (κ2) is 7.22. The van der Waals surface area contributed by atoms with Crippen LogP contribution in [0.15, 0.2) is 60.9 Å². The van der Waals surface area contributed by atoms with E-state index in [9.17, 15) is 0 Å². The maximum atomic E-state index is 6.14. The van der Waals surface area contributed by atoms with Gasteiger partial charge >= 0.3 is 0 Å². The number of rotatable bonds is 3. The number of nitrogen functional groups attached to an aromatic ring is 1. The molecule has 4 aromatic rings. The third-order valence-corrected chi connectivity index (χ3v) is 5.48. The zero-order valence-corrected chi connectivity index (χ0v) is 16.5. The van der Waals surface area contributed by atoms with E-state index in [0.29, 0.717) is 11.5 Å². The van der Waals surface area contributed by atoms with E-state index in [1.54, 1.807) is 0 Å². The fourth-order valence-electron chi connectivity index (χ4n) is 3.92. The number of piperazine rings is 1. The quantitative estimate of drug-likeness (QED) is 0.567. The number of anilines is 2. The Bertz CT molecular complexity index is 1160. The summed E-state index contributed by atoms with van der Waals surface area (Å²) >= 11 is 0. The predicted molar refractivity (Wildman–Crippen MR) is 118 cm³/mol. The standard InChI is InChI=1S/C23H24N6/c1-16-3-2-4-18(13-16)21-14-26-22(24)23-27-20(15-29(21)23)17-5-7-19(8-6-17)28-11-9-25-10-12-28/h2-8,13-15,25H,9-12H2,1H3,(H2,24,26). The van der Waals surface area contributed by atoms with Crippen LogP contribution in [-0.2, 0) is 0 Å². The molecule has 2 aromatic carbocycles. The summed E-state index contributed by atoms with van der Waals surface area (Å²) < 4.78 is 2.04. The third-order valence-electron chi connectivity index (χ3n) is 5.48. The third kappa shape index (κ3) is 3.32. The topological polar surface area (TPSA) is 71.5 Å². The number of nitrogens with one attached hydrogen (secondary N) is 1. The van der Waals surface area contributed by atoms with Crippen LogP contribution in [0.5, 0.6) is 0 Å². The minimum Gasteiger partial charge on any atom is -0.381 e. The van der Waals surface area contributed by atoms with Crippen molar-refractivity contribution in [3.05, 3.63) is 66.5 Å². The van der Waals surface area contributed by atoms with Crippen molar-refractivity contribution < 1.29 is 0 Å². The zero-order chi connectivity index (χ0) is 19.8. The SMILES string of the molecule is Cc1cccc(-c2cnc(N)c3nc(-c4ccc(N5CCNCC5)cc4)cn23)c1. The summed E-state index contributed by atoms with van der Waals surface area (Å²) in [4.78, 5) is 11.6. The number of aromatic nitrogens is 3. The number of benzene rings is 2. The molecule has 0 spiro atoms. The zero-order valence-electron chi connectivity index (χ0n) is 16.5. The lowest BCUT2D eigenvalue weighted by Gasteiger charge is -2.29. The summed E-state index contributed by atoms with van der Waals surface area (Å²) in [5.74, 6) is 0.435. The van der Waals surface area contributed by atoms with Crippen LogP contribution in [0.25, 0.3) is 28.2 Å². The molecule has 1 saturated heterocycles. The summed E-state index contributed by atoms with van der Waals surface area (Å²) in [7, 11) is 0. The summed E-state index contributed by atoms with van der Waals surface area (Å²) in [5, 5.41) is 3.39. The Kier molecular flexibility index (Phi) is 4.41. The van der Waals surface area contributed by atoms with Gasteiger partial charge in [0.05, 0.1) is 17.6 Å². The van der Waals surface area contributed by atoms with Crippen LogP contribution in [0.1, 0.15) is 5.56 Å². The van der Waals surface area contributed by atoms with Crippen molar-refractivity contribution in [1.29, 1.82) is 0 Å². The second-order valence-electron chi connectivity index (χ2n) is 7.50. The fourth-order valence-corrected chi connectivity index (χ4v) is 3.92. The van der Waals surface area contributed by atoms with Crippen LogP contribution in [0.4, 0.5) is 11.5 Å². The van der Waals surface area contributed by atoms with Crippen LogP contribution in [0.2, 0.25) is 0 Å². The Balaban J connectivity index is 1.54. The Morgan fingerprint density at radius 1 is 1.00 bits per heavy atom. The smallest absolute Gasteiger partial charge is 0.180 e. The highest BCUT2D eigenvalue weighted by Gasteiger charge is 2.14. The second-order valence-corrected chi connectivity index (χ2v) is 7.50. The molecule has 3 heterocycles. The lowest BCUT2D eigenvalue weighted by atomic mass is 10.1. The van der Waals surface area contributed by atoms with E-state index in [1.165, 1.54) is 11.3 Å². The van der Waals surface area contributed by atoms with E-state index in [1.807, 2.05) is 16.8 Å². The summed E-state index contributed by atoms with van der Waals surface area (Å²) in [6.07, 6.45) is 3.86. The normalized spacial score (nSPS) is 14.4. The van der Waals surface area contributed by atoms with Crippen molar-refractivity contribution in [3.8, 4) is 22.5 Å². The van der Waals surface area contributed by atoms with Crippen LogP contribution < -0.4 is 16.0 Å². The molecule has 6 heteroatoms. The van der Waals surface area contributed by atoms with Gasteiger partial charge in [-0.15, -0.1) is 0 Å². The highest BCUT2D eigenvalue weighted by atomic mass is 15.2. The minimum absolute atomic E-state index is 0.435. The monoisotopic (exact) mass is 384 g/mol. The molecule has 0 bridgehead atoms. The van der Waals surface area contributed by atoms with Crippen LogP contribution >= 0.6 is 0 Å². The van der Waals surface area contributed by atoms with Gasteiger partial charge in [-0.3, -0.25) is 4.40 Å². The molecule has 0 unspecified atom stereocenters. The summed E-state index contributed by atoms with van der Waals surface area (Å²) in [5.41, 5.74) is 13.3. The lowest BCUT2D eigenvalue weighted by molar-refractivity contribution is 0.589. The molecule has 5 rings (SSSR count). The van der Waals surface area contributed by atoms with Crippen molar-refractivity contribution in [1.82, 2.24) is 19.7 Å². The molecule has 1 aliphatic heterocycles. The van der Waals surface area contributed by atoms with E-state index in [0.717, 1.165) is 48.7 Å². The molecule has 0 aliphatic carbocycles. The molecule has 29 heavy (non-hydrogen) atoms. The fraction of sp³-hybridized carbons (Fsp3) is 0.217. The predicted octanol–water partition coefficient (Wildman–Crippen LogP) is 3.36. The van der Waals surface area contributed by atoms with Gasteiger partial charge in [0, 0.05) is 49.2 Å². The van der Waals surface area contributed by atoms with Crippen molar-refractivity contribution in [3.63, 3.8) is 0 Å². The molecule has 2 aromatic heterocycles. The number of hydrogen-bond donors (Lipinski definition) is 2. The molecule has 0 radical (unpaired) electrons. The first-order valence-corrected chi connectivity index (χ1v) is 9.96. The molecule has 0 saturated carbocycles. The molecule has 1 aliphatic rings. The van der Waals surface area contributed by atoms with Crippen molar-refractivity contribution in [2.45, 2.75) is 6.92 Å². The van der Waals surface area contributed by atoms with E-state index in [4.69, 9.17) is 10.7 Å². The molecule has 6 nitrogen and oxygen atoms in total. The number of imidazole rings is 1. The van der Waals surface area contributed by atoms with Crippen LogP contribution in [0, 0.1) is 6.92 Å². The maximum absolute atomic E-state index is 6.14. The Hall–Kier alpha value is -3.38. The van der Waals surface area contributed by atoms with Gasteiger partial charge in [0.25, 0.3) is 0 Å². The summed E-state index contributed by atoms with van der Waals surface area (Å²) in [6, 6.07) is 17.0. The average molecular weight is 384 g/mol. The Labute approximate surface area is 170 Å². The van der Waals surface area contributed by atoms with Gasteiger partial charge in [0.1, 0.15) is 0 Å². The van der Waals surface area contributed by atoms with Gasteiger partial charge < -0.3 is 16.0 Å². The number of hydrogen-bond acceptors (Lipinski definition) is 5. The lowest BCUT2D eigenvalue weighted by Crippen LogP contribution is -2.43. The molecular formula is C23H24N6. The number of nitrogens with two attached hydrogens (primary N) is 1. The number of fused-ring (bicyclic) bond motifs is 1. The summed E-state index contributed by atoms with van der Waals surface area (Å²) in [6.45, 7) is 6.22. The Morgan fingerprint density at radius 3 is 2.55 bits per heavy atom. The van der Waals surface area contributed by atoms with E-state index in [2.05, 4.69) is 70.7 Å². The minimum atomic E-state index is 0.435. The molecule has 0 atom stereocenters. The molecule has 3 N–H and O–H groups in total. The van der Waals surface area contributed by atoms with Crippen LogP contribution in [-0.4, -0.2) is 40.5 Å². The maximum Gasteiger partial charge on any atom is 0.180 e. The van der Waals surface area contributed by atoms with E-state index >= 15 is 0 Å². The average Bonchev–Trinajstić information content (AvgIpc) is 3.21. The van der Waals surface area contributed by atoms with Gasteiger partial charge in [-0.05, 0) is 25.1 Å². The van der Waals surface area contributed by atoms with E-state index in [-0.39, 0.29) is 0 Å². The number of aryl methyl sites for hydroxylation is 1. The van der Waals surface area contributed by atoms with Gasteiger partial charge in [0.15, 0.2) is 11.5 Å². The molecule has 146 valence electrons. The largest absolute Gasteiger partial charge is 0.381 e. The first-order chi connectivity index (χ1) is 14.2. The van der Waals surface area contributed by atoms with Crippen LogP contribution in [0.3, 0.4) is 0 Å². The van der Waals surface area contributed by atoms with Gasteiger partial charge in [-0.25, -0.2) is 9.97 Å². The van der Waals surface area contributed by atoms with Crippen molar-refractivity contribution in [2.24, 2.45) is 0 Å².